The number of ether oxygens (including phenoxy) is 2. The molecule has 1 amide bonds. The average molecular weight is 309 g/mol. The number of rotatable bonds is 5. The largest absolute Gasteiger partial charge is 0.494 e. The number of carbonyl (C=O) groups excluding carboxylic acids is 1. The van der Waals surface area contributed by atoms with Crippen LogP contribution < -0.4 is 14.8 Å². The monoisotopic (exact) mass is 309 g/mol. The lowest BCUT2D eigenvalue weighted by molar-refractivity contribution is -0.117. The van der Waals surface area contributed by atoms with E-state index in [2.05, 4.69) is 5.32 Å². The summed E-state index contributed by atoms with van der Waals surface area (Å²) in [5.74, 6) is 1.55. The molecule has 1 aliphatic rings. The zero-order chi connectivity index (χ0) is 16.1. The van der Waals surface area contributed by atoms with E-state index < -0.39 is 0 Å². The molecule has 3 rings (SSSR count). The second-order valence-corrected chi connectivity index (χ2v) is 5.26. The van der Waals surface area contributed by atoms with Crippen LogP contribution in [0.4, 0.5) is 0 Å². The van der Waals surface area contributed by atoms with Gasteiger partial charge in [0.2, 0.25) is 0 Å². The first-order valence-electron chi connectivity index (χ1n) is 7.68. The Balaban J connectivity index is 1.61. The molecule has 0 spiro atoms. The van der Waals surface area contributed by atoms with Gasteiger partial charge in [0.1, 0.15) is 18.1 Å². The summed E-state index contributed by atoms with van der Waals surface area (Å²) in [4.78, 5) is 12.3. The third-order valence-corrected chi connectivity index (χ3v) is 3.61. The Labute approximate surface area is 135 Å². The number of hydrogen-bond acceptors (Lipinski definition) is 3. The minimum Gasteiger partial charge on any atom is -0.494 e. The Morgan fingerprint density at radius 1 is 1.17 bits per heavy atom. The maximum atomic E-state index is 12.3. The zero-order valence-corrected chi connectivity index (χ0v) is 13.0. The zero-order valence-electron chi connectivity index (χ0n) is 13.0. The molecule has 0 aromatic heterocycles. The van der Waals surface area contributed by atoms with Crippen LogP contribution in [0.2, 0.25) is 0 Å². The van der Waals surface area contributed by atoms with Gasteiger partial charge in [-0.05, 0) is 36.8 Å². The highest BCUT2D eigenvalue weighted by molar-refractivity contribution is 5.99. The summed E-state index contributed by atoms with van der Waals surface area (Å²) in [7, 11) is 0. The van der Waals surface area contributed by atoms with Crippen molar-refractivity contribution in [2.24, 2.45) is 0 Å². The lowest BCUT2D eigenvalue weighted by Crippen LogP contribution is -2.28. The van der Waals surface area contributed by atoms with Crippen molar-refractivity contribution in [3.63, 3.8) is 0 Å². The van der Waals surface area contributed by atoms with E-state index in [1.54, 1.807) is 0 Å². The molecule has 23 heavy (non-hydrogen) atoms. The molecule has 118 valence electrons. The van der Waals surface area contributed by atoms with Crippen molar-refractivity contribution in [3.05, 3.63) is 65.2 Å². The van der Waals surface area contributed by atoms with Crippen LogP contribution in [0.25, 0.3) is 6.08 Å². The van der Waals surface area contributed by atoms with Crippen molar-refractivity contribution in [2.75, 3.05) is 13.2 Å². The summed E-state index contributed by atoms with van der Waals surface area (Å²) >= 11 is 0. The van der Waals surface area contributed by atoms with Crippen molar-refractivity contribution < 1.29 is 14.3 Å². The Bertz CT molecular complexity index is 720. The van der Waals surface area contributed by atoms with Crippen molar-refractivity contribution in [3.8, 4) is 11.5 Å². The average Bonchev–Trinajstić information content (AvgIpc) is 2.60. The Kier molecular flexibility index (Phi) is 4.62. The second-order valence-electron chi connectivity index (χ2n) is 5.26. The van der Waals surface area contributed by atoms with E-state index in [0.29, 0.717) is 25.3 Å². The maximum absolute atomic E-state index is 12.3. The highest BCUT2D eigenvalue weighted by Gasteiger charge is 2.16. The minimum absolute atomic E-state index is 0.103. The van der Waals surface area contributed by atoms with E-state index in [1.165, 1.54) is 0 Å². The first-order valence-corrected chi connectivity index (χ1v) is 7.68. The molecule has 0 atom stereocenters. The van der Waals surface area contributed by atoms with Crippen molar-refractivity contribution in [1.82, 2.24) is 5.32 Å². The number of fused-ring (bicyclic) bond motifs is 1. The van der Waals surface area contributed by atoms with Gasteiger partial charge in [-0.2, -0.15) is 0 Å². The number of para-hydroxylation sites is 1. The fourth-order valence-corrected chi connectivity index (χ4v) is 2.41. The third-order valence-electron chi connectivity index (χ3n) is 3.61. The first-order chi connectivity index (χ1) is 11.3. The molecule has 0 saturated carbocycles. The normalized spacial score (nSPS) is 12.7. The standard InChI is InChI=1S/C19H19NO3/c1-2-22-17-9-7-14(8-10-17)12-20-19(21)16-11-15-5-3-4-6-18(15)23-13-16/h3-11H,2,12-13H2,1H3,(H,20,21). The number of carbonyl (C=O) groups is 1. The molecule has 0 radical (unpaired) electrons. The van der Waals surface area contributed by atoms with E-state index in [1.807, 2.05) is 61.5 Å². The fraction of sp³-hybridized carbons (Fsp3) is 0.211. The number of benzene rings is 2. The molecule has 4 nitrogen and oxygen atoms in total. The molecule has 0 unspecified atom stereocenters. The molecule has 0 saturated heterocycles. The van der Waals surface area contributed by atoms with E-state index in [9.17, 15) is 4.79 Å². The van der Waals surface area contributed by atoms with Crippen LogP contribution >= 0.6 is 0 Å². The van der Waals surface area contributed by atoms with Gasteiger partial charge in [0.25, 0.3) is 5.91 Å². The second kappa shape index (κ2) is 7.01. The lowest BCUT2D eigenvalue weighted by atomic mass is 10.1. The molecule has 2 aromatic carbocycles. The topological polar surface area (TPSA) is 47.6 Å². The van der Waals surface area contributed by atoms with Gasteiger partial charge >= 0.3 is 0 Å². The van der Waals surface area contributed by atoms with Crippen LogP contribution in [-0.2, 0) is 11.3 Å². The quantitative estimate of drug-likeness (QED) is 0.923. The predicted octanol–water partition coefficient (Wildman–Crippen LogP) is 3.18. The van der Waals surface area contributed by atoms with Gasteiger partial charge < -0.3 is 14.8 Å². The summed E-state index contributed by atoms with van der Waals surface area (Å²) in [6.07, 6.45) is 1.88. The molecule has 0 bridgehead atoms. The minimum atomic E-state index is -0.103. The first kappa shape index (κ1) is 15.2. The number of amides is 1. The van der Waals surface area contributed by atoms with Gasteiger partial charge in [-0.3, -0.25) is 4.79 Å². The Hall–Kier alpha value is -2.75. The van der Waals surface area contributed by atoms with E-state index in [4.69, 9.17) is 9.47 Å². The van der Waals surface area contributed by atoms with Crippen LogP contribution in [0, 0.1) is 0 Å². The molecule has 1 heterocycles. The Morgan fingerprint density at radius 2 is 1.96 bits per heavy atom. The molecular weight excluding hydrogens is 290 g/mol. The fourth-order valence-electron chi connectivity index (χ4n) is 2.41. The summed E-state index contributed by atoms with van der Waals surface area (Å²) < 4.78 is 11.0. The van der Waals surface area contributed by atoms with Crippen molar-refractivity contribution in [1.29, 1.82) is 0 Å². The van der Waals surface area contributed by atoms with Crippen LogP contribution in [0.3, 0.4) is 0 Å². The van der Waals surface area contributed by atoms with E-state index >= 15 is 0 Å². The van der Waals surface area contributed by atoms with Crippen LogP contribution in [0.1, 0.15) is 18.1 Å². The summed E-state index contributed by atoms with van der Waals surface area (Å²) in [5, 5.41) is 2.92. The van der Waals surface area contributed by atoms with Crippen molar-refractivity contribution in [2.45, 2.75) is 13.5 Å². The molecule has 1 N–H and O–H groups in total. The summed E-state index contributed by atoms with van der Waals surface area (Å²) in [6, 6.07) is 15.4. The summed E-state index contributed by atoms with van der Waals surface area (Å²) in [5.41, 5.74) is 2.60. The predicted molar refractivity (Wildman–Crippen MR) is 89.4 cm³/mol. The van der Waals surface area contributed by atoms with Gasteiger partial charge in [0.05, 0.1) is 12.2 Å². The van der Waals surface area contributed by atoms with E-state index in [-0.39, 0.29) is 5.91 Å². The van der Waals surface area contributed by atoms with Gasteiger partial charge in [0.15, 0.2) is 0 Å². The van der Waals surface area contributed by atoms with Crippen LogP contribution in [-0.4, -0.2) is 19.1 Å². The SMILES string of the molecule is CCOc1ccc(CNC(=O)C2=Cc3ccccc3OC2)cc1. The number of nitrogens with one attached hydrogen (secondary N) is 1. The molecule has 1 aliphatic heterocycles. The number of hydrogen-bond donors (Lipinski definition) is 1. The highest BCUT2D eigenvalue weighted by Crippen LogP contribution is 2.25. The Morgan fingerprint density at radius 3 is 2.74 bits per heavy atom. The molecule has 0 fully saturated rings. The maximum Gasteiger partial charge on any atom is 0.250 e. The summed E-state index contributed by atoms with van der Waals surface area (Å²) in [6.45, 7) is 3.37. The van der Waals surface area contributed by atoms with Gasteiger partial charge in [-0.25, -0.2) is 0 Å². The smallest absolute Gasteiger partial charge is 0.250 e. The van der Waals surface area contributed by atoms with Crippen LogP contribution in [0.5, 0.6) is 11.5 Å². The van der Waals surface area contributed by atoms with Crippen LogP contribution in [0.15, 0.2) is 54.1 Å². The molecular formula is C19H19NO3. The van der Waals surface area contributed by atoms with Gasteiger partial charge in [-0.1, -0.05) is 30.3 Å². The highest BCUT2D eigenvalue weighted by atomic mass is 16.5. The third kappa shape index (κ3) is 3.72. The van der Waals surface area contributed by atoms with E-state index in [0.717, 1.165) is 22.6 Å². The van der Waals surface area contributed by atoms with Gasteiger partial charge in [0, 0.05) is 12.1 Å². The molecule has 2 aromatic rings. The lowest BCUT2D eigenvalue weighted by Gasteiger charge is -2.17. The molecule has 0 aliphatic carbocycles. The molecule has 4 heteroatoms. The van der Waals surface area contributed by atoms with Gasteiger partial charge in [-0.15, -0.1) is 0 Å². The van der Waals surface area contributed by atoms with Crippen molar-refractivity contribution >= 4 is 12.0 Å².